The van der Waals surface area contributed by atoms with Crippen molar-refractivity contribution in [1.82, 2.24) is 20.5 Å². The van der Waals surface area contributed by atoms with Gasteiger partial charge in [-0.25, -0.2) is 9.98 Å². The maximum absolute atomic E-state index is 4.70. The molecular formula is C18H36IN5S. The summed E-state index contributed by atoms with van der Waals surface area (Å²) in [4.78, 5) is 12.9. The number of hydrogen-bond donors (Lipinski definition) is 2. The summed E-state index contributed by atoms with van der Waals surface area (Å²) in [6.45, 7) is 18.8. The van der Waals surface area contributed by atoms with E-state index in [-0.39, 0.29) is 24.0 Å². The quantitative estimate of drug-likeness (QED) is 0.243. The average molecular weight is 481 g/mol. The van der Waals surface area contributed by atoms with Crippen LogP contribution in [-0.4, -0.2) is 47.6 Å². The standard InChI is InChI=1S/C18H35N5S.HI/c1-8-19-18(21-12-17-15(6)22-16(7)24-17)20-10-9-11-23(13(2)3)14(4)5;/h13-14H,8-12H2,1-7H3,(H2,19,20,21);1H. The number of nitrogens with one attached hydrogen (secondary N) is 2. The SMILES string of the molecule is CCNC(=NCc1sc(C)nc1C)NCCCN(C(C)C)C(C)C.I. The lowest BCUT2D eigenvalue weighted by Gasteiger charge is -2.30. The Morgan fingerprint density at radius 2 is 1.80 bits per heavy atom. The molecule has 0 aromatic carbocycles. The van der Waals surface area contributed by atoms with Crippen LogP contribution >= 0.6 is 35.3 Å². The molecule has 1 rings (SSSR count). The number of halogens is 1. The van der Waals surface area contributed by atoms with Gasteiger partial charge >= 0.3 is 0 Å². The highest BCUT2D eigenvalue weighted by Gasteiger charge is 2.12. The van der Waals surface area contributed by atoms with Crippen LogP contribution in [0.15, 0.2) is 4.99 Å². The summed E-state index contributed by atoms with van der Waals surface area (Å²) in [6, 6.07) is 1.17. The fraction of sp³-hybridized carbons (Fsp3) is 0.778. The van der Waals surface area contributed by atoms with Crippen molar-refractivity contribution in [3.8, 4) is 0 Å². The van der Waals surface area contributed by atoms with Gasteiger partial charge in [-0.05, 0) is 54.9 Å². The summed E-state index contributed by atoms with van der Waals surface area (Å²) in [5.41, 5.74) is 1.10. The molecule has 1 aromatic rings. The minimum absolute atomic E-state index is 0. The third-order valence-corrected chi connectivity index (χ3v) is 4.99. The number of hydrogen-bond acceptors (Lipinski definition) is 4. The van der Waals surface area contributed by atoms with E-state index in [4.69, 9.17) is 4.99 Å². The van der Waals surface area contributed by atoms with Crippen LogP contribution in [0, 0.1) is 13.8 Å². The smallest absolute Gasteiger partial charge is 0.191 e. The van der Waals surface area contributed by atoms with Gasteiger partial charge in [-0.1, -0.05) is 0 Å². The molecule has 0 unspecified atom stereocenters. The maximum atomic E-state index is 4.70. The average Bonchev–Trinajstić information content (AvgIpc) is 2.81. The zero-order valence-corrected chi connectivity index (χ0v) is 20.0. The van der Waals surface area contributed by atoms with Crippen molar-refractivity contribution >= 4 is 41.3 Å². The topological polar surface area (TPSA) is 52.6 Å². The summed E-state index contributed by atoms with van der Waals surface area (Å²) in [5.74, 6) is 0.892. The van der Waals surface area contributed by atoms with Crippen molar-refractivity contribution in [2.75, 3.05) is 19.6 Å². The molecule has 0 atom stereocenters. The second-order valence-corrected chi connectivity index (χ2v) is 7.93. The van der Waals surface area contributed by atoms with Gasteiger partial charge in [0.05, 0.1) is 17.2 Å². The zero-order valence-electron chi connectivity index (χ0n) is 16.8. The van der Waals surface area contributed by atoms with Crippen LogP contribution in [0.4, 0.5) is 0 Å². The van der Waals surface area contributed by atoms with Gasteiger partial charge in [-0.15, -0.1) is 35.3 Å². The molecule has 2 N–H and O–H groups in total. The Hall–Kier alpha value is -0.410. The Kier molecular flexibility index (Phi) is 12.7. The van der Waals surface area contributed by atoms with Crippen LogP contribution in [0.1, 0.15) is 56.6 Å². The lowest BCUT2D eigenvalue weighted by molar-refractivity contribution is 0.173. The Morgan fingerprint density at radius 1 is 1.16 bits per heavy atom. The summed E-state index contributed by atoms with van der Waals surface area (Å²) in [6.07, 6.45) is 1.11. The molecule has 25 heavy (non-hydrogen) atoms. The molecule has 7 heteroatoms. The molecule has 0 aliphatic carbocycles. The number of rotatable bonds is 9. The molecule has 0 radical (unpaired) electrons. The van der Waals surface area contributed by atoms with Crippen LogP contribution in [0.3, 0.4) is 0 Å². The largest absolute Gasteiger partial charge is 0.357 e. The molecule has 1 aromatic heterocycles. The first-order valence-corrected chi connectivity index (χ1v) is 9.87. The highest BCUT2D eigenvalue weighted by molar-refractivity contribution is 14.0. The van der Waals surface area contributed by atoms with E-state index in [0.29, 0.717) is 18.6 Å². The molecule has 0 aliphatic heterocycles. The van der Waals surface area contributed by atoms with E-state index < -0.39 is 0 Å². The molecule has 0 fully saturated rings. The lowest BCUT2D eigenvalue weighted by Crippen LogP contribution is -2.41. The third-order valence-electron chi connectivity index (χ3n) is 3.94. The van der Waals surface area contributed by atoms with E-state index >= 15 is 0 Å². The van der Waals surface area contributed by atoms with E-state index in [2.05, 4.69) is 62.1 Å². The monoisotopic (exact) mass is 481 g/mol. The highest BCUT2D eigenvalue weighted by atomic mass is 127. The Morgan fingerprint density at radius 3 is 2.28 bits per heavy atom. The van der Waals surface area contributed by atoms with Crippen molar-refractivity contribution < 1.29 is 0 Å². The second-order valence-electron chi connectivity index (χ2n) is 6.64. The van der Waals surface area contributed by atoms with Gasteiger partial charge in [0.1, 0.15) is 0 Å². The number of aromatic nitrogens is 1. The number of guanidine groups is 1. The first-order valence-electron chi connectivity index (χ1n) is 9.06. The van der Waals surface area contributed by atoms with E-state index in [1.165, 1.54) is 4.88 Å². The van der Waals surface area contributed by atoms with E-state index in [0.717, 1.165) is 42.7 Å². The van der Waals surface area contributed by atoms with Crippen LogP contribution in [0.2, 0.25) is 0 Å². The lowest BCUT2D eigenvalue weighted by atomic mass is 10.2. The molecule has 0 aliphatic rings. The Labute approximate surface area is 175 Å². The number of thiazole rings is 1. The molecule has 5 nitrogen and oxygen atoms in total. The first kappa shape index (κ1) is 24.6. The minimum atomic E-state index is 0. The van der Waals surface area contributed by atoms with E-state index in [9.17, 15) is 0 Å². The van der Waals surface area contributed by atoms with Crippen molar-refractivity contribution in [2.24, 2.45) is 4.99 Å². The minimum Gasteiger partial charge on any atom is -0.357 e. The van der Waals surface area contributed by atoms with Crippen LogP contribution < -0.4 is 10.6 Å². The molecule has 0 amide bonds. The maximum Gasteiger partial charge on any atom is 0.191 e. The number of nitrogens with zero attached hydrogens (tertiary/aromatic N) is 3. The second kappa shape index (κ2) is 12.9. The molecule has 1 heterocycles. The van der Waals surface area contributed by atoms with Gasteiger partial charge in [0.25, 0.3) is 0 Å². The number of aryl methyl sites for hydroxylation is 2. The first-order chi connectivity index (χ1) is 11.3. The summed E-state index contributed by atoms with van der Waals surface area (Å²) in [7, 11) is 0. The summed E-state index contributed by atoms with van der Waals surface area (Å²) < 4.78 is 0. The molecule has 0 saturated heterocycles. The van der Waals surface area contributed by atoms with Crippen molar-refractivity contribution in [2.45, 2.75) is 73.5 Å². The summed E-state index contributed by atoms with van der Waals surface area (Å²) in [5, 5.41) is 7.88. The Balaban J connectivity index is 0.00000576. The summed E-state index contributed by atoms with van der Waals surface area (Å²) >= 11 is 1.73. The van der Waals surface area contributed by atoms with Gasteiger partial charge in [0, 0.05) is 36.6 Å². The van der Waals surface area contributed by atoms with Crippen molar-refractivity contribution in [3.63, 3.8) is 0 Å². The molecule has 0 saturated carbocycles. The van der Waals surface area contributed by atoms with Gasteiger partial charge < -0.3 is 10.6 Å². The predicted molar refractivity (Wildman–Crippen MR) is 121 cm³/mol. The van der Waals surface area contributed by atoms with Gasteiger partial charge in [0.2, 0.25) is 0 Å². The van der Waals surface area contributed by atoms with E-state index in [1.54, 1.807) is 11.3 Å². The molecular weight excluding hydrogens is 445 g/mol. The molecule has 0 bridgehead atoms. The molecule has 0 spiro atoms. The normalized spacial score (nSPS) is 12.0. The van der Waals surface area contributed by atoms with Gasteiger partial charge in [-0.2, -0.15) is 0 Å². The van der Waals surface area contributed by atoms with Crippen molar-refractivity contribution in [3.05, 3.63) is 15.6 Å². The highest BCUT2D eigenvalue weighted by Crippen LogP contribution is 2.17. The van der Waals surface area contributed by atoms with Gasteiger partial charge in [-0.3, -0.25) is 4.90 Å². The predicted octanol–water partition coefficient (Wildman–Crippen LogP) is 3.94. The van der Waals surface area contributed by atoms with Crippen LogP contribution in [-0.2, 0) is 6.54 Å². The third kappa shape index (κ3) is 9.19. The zero-order chi connectivity index (χ0) is 18.1. The van der Waals surface area contributed by atoms with Crippen LogP contribution in [0.25, 0.3) is 0 Å². The molecule has 146 valence electrons. The van der Waals surface area contributed by atoms with Gasteiger partial charge in [0.15, 0.2) is 5.96 Å². The fourth-order valence-electron chi connectivity index (χ4n) is 2.79. The Bertz CT molecular complexity index is 506. The van der Waals surface area contributed by atoms with E-state index in [1.807, 2.05) is 6.92 Å². The fourth-order valence-corrected chi connectivity index (χ4v) is 3.66. The number of aliphatic imine (C=N–C) groups is 1. The van der Waals surface area contributed by atoms with Crippen molar-refractivity contribution in [1.29, 1.82) is 0 Å². The van der Waals surface area contributed by atoms with Crippen LogP contribution in [0.5, 0.6) is 0 Å².